The van der Waals surface area contributed by atoms with Crippen LogP contribution in [-0.4, -0.2) is 44.1 Å². The Balaban J connectivity index is 2.42. The Morgan fingerprint density at radius 3 is 2.38 bits per heavy atom. The molecule has 2 rings (SSSR count). The third-order valence-electron chi connectivity index (χ3n) is 4.26. The summed E-state index contributed by atoms with van der Waals surface area (Å²) >= 11 is 1.58. The van der Waals surface area contributed by atoms with E-state index in [4.69, 9.17) is 4.74 Å². The zero-order valence-corrected chi connectivity index (χ0v) is 18.9. The van der Waals surface area contributed by atoms with Crippen molar-refractivity contribution in [2.45, 2.75) is 37.5 Å². The summed E-state index contributed by atoms with van der Waals surface area (Å²) in [4.78, 5) is 13.7. The minimum atomic E-state index is -3.74. The second-order valence-corrected chi connectivity index (χ2v) is 9.28. The van der Waals surface area contributed by atoms with E-state index in [2.05, 4.69) is 5.32 Å². The summed E-state index contributed by atoms with van der Waals surface area (Å²) in [6, 6.07) is 12.1. The topological polar surface area (TPSA) is 75.7 Å². The van der Waals surface area contributed by atoms with Crippen LogP contribution >= 0.6 is 11.8 Å². The lowest BCUT2D eigenvalue weighted by atomic mass is 10.2. The average molecular weight is 437 g/mol. The SMILES string of the molecule is CCOc1ccc(NC(=O)c2ccccc2SCC)cc1S(=O)(=O)N(CC)CC. The molecule has 0 aromatic heterocycles. The van der Waals surface area contributed by atoms with E-state index in [0.29, 0.717) is 30.9 Å². The molecule has 0 spiro atoms. The van der Waals surface area contributed by atoms with E-state index in [0.717, 1.165) is 10.6 Å². The van der Waals surface area contributed by atoms with Crippen molar-refractivity contribution in [3.8, 4) is 5.75 Å². The molecule has 2 aromatic rings. The minimum absolute atomic E-state index is 0.0528. The number of ether oxygens (including phenoxy) is 1. The van der Waals surface area contributed by atoms with E-state index in [1.165, 1.54) is 10.4 Å². The quantitative estimate of drug-likeness (QED) is 0.556. The van der Waals surface area contributed by atoms with Crippen molar-refractivity contribution < 1.29 is 17.9 Å². The number of carbonyl (C=O) groups excluding carboxylic acids is 1. The Morgan fingerprint density at radius 1 is 1.07 bits per heavy atom. The molecule has 0 heterocycles. The van der Waals surface area contributed by atoms with Gasteiger partial charge >= 0.3 is 0 Å². The van der Waals surface area contributed by atoms with E-state index >= 15 is 0 Å². The largest absolute Gasteiger partial charge is 0.492 e. The van der Waals surface area contributed by atoms with Crippen LogP contribution in [0.15, 0.2) is 52.3 Å². The van der Waals surface area contributed by atoms with Crippen molar-refractivity contribution in [1.82, 2.24) is 4.31 Å². The smallest absolute Gasteiger partial charge is 0.256 e. The number of carbonyl (C=O) groups is 1. The molecular weight excluding hydrogens is 408 g/mol. The Bertz CT molecular complexity index is 941. The number of amides is 1. The summed E-state index contributed by atoms with van der Waals surface area (Å²) in [5.74, 6) is 0.843. The molecule has 29 heavy (non-hydrogen) atoms. The molecule has 0 aliphatic heterocycles. The highest BCUT2D eigenvalue weighted by molar-refractivity contribution is 7.99. The van der Waals surface area contributed by atoms with Crippen molar-refractivity contribution in [3.63, 3.8) is 0 Å². The summed E-state index contributed by atoms with van der Waals surface area (Å²) in [5, 5.41) is 2.82. The molecule has 6 nitrogen and oxygen atoms in total. The predicted octanol–water partition coefficient (Wildman–Crippen LogP) is 4.48. The fourth-order valence-electron chi connectivity index (χ4n) is 2.90. The molecule has 0 saturated carbocycles. The Kier molecular flexibility index (Phi) is 8.55. The highest BCUT2D eigenvalue weighted by Crippen LogP contribution is 2.31. The molecule has 0 atom stereocenters. The predicted molar refractivity (Wildman–Crippen MR) is 119 cm³/mol. The van der Waals surface area contributed by atoms with Gasteiger partial charge in [-0.25, -0.2) is 8.42 Å². The van der Waals surface area contributed by atoms with Gasteiger partial charge in [0.05, 0.1) is 12.2 Å². The van der Waals surface area contributed by atoms with Crippen LogP contribution in [0.1, 0.15) is 38.1 Å². The number of rotatable bonds is 10. The zero-order valence-electron chi connectivity index (χ0n) is 17.3. The van der Waals surface area contributed by atoms with Crippen LogP contribution in [-0.2, 0) is 10.0 Å². The van der Waals surface area contributed by atoms with Gasteiger partial charge in [0.2, 0.25) is 10.0 Å². The van der Waals surface area contributed by atoms with E-state index in [-0.39, 0.29) is 16.6 Å². The first-order valence-electron chi connectivity index (χ1n) is 9.69. The van der Waals surface area contributed by atoms with Crippen LogP contribution in [0, 0.1) is 0 Å². The zero-order chi connectivity index (χ0) is 21.4. The van der Waals surface area contributed by atoms with Crippen LogP contribution in [0.5, 0.6) is 5.75 Å². The van der Waals surface area contributed by atoms with Crippen LogP contribution in [0.4, 0.5) is 5.69 Å². The van der Waals surface area contributed by atoms with Gasteiger partial charge in [-0.15, -0.1) is 11.8 Å². The van der Waals surface area contributed by atoms with E-state index in [1.54, 1.807) is 50.7 Å². The number of hydrogen-bond acceptors (Lipinski definition) is 5. The van der Waals surface area contributed by atoms with Gasteiger partial charge in [0.25, 0.3) is 5.91 Å². The maximum atomic E-state index is 13.1. The molecular formula is C21H28N2O4S2. The third kappa shape index (κ3) is 5.52. The lowest BCUT2D eigenvalue weighted by Crippen LogP contribution is -2.31. The first kappa shape index (κ1) is 23.3. The molecule has 2 aromatic carbocycles. The first-order chi connectivity index (χ1) is 13.9. The molecule has 8 heteroatoms. The molecule has 0 aliphatic carbocycles. The summed E-state index contributed by atoms with van der Waals surface area (Å²) in [6.07, 6.45) is 0. The van der Waals surface area contributed by atoms with E-state index in [9.17, 15) is 13.2 Å². The minimum Gasteiger partial charge on any atom is -0.492 e. The van der Waals surface area contributed by atoms with E-state index < -0.39 is 10.0 Å². The van der Waals surface area contributed by atoms with Crippen molar-refractivity contribution in [1.29, 1.82) is 0 Å². The molecule has 0 aliphatic rings. The van der Waals surface area contributed by atoms with Crippen LogP contribution < -0.4 is 10.1 Å². The van der Waals surface area contributed by atoms with Gasteiger partial charge in [-0.05, 0) is 43.0 Å². The first-order valence-corrected chi connectivity index (χ1v) is 12.1. The van der Waals surface area contributed by atoms with Gasteiger partial charge in [0, 0.05) is 23.7 Å². The maximum Gasteiger partial charge on any atom is 0.256 e. The van der Waals surface area contributed by atoms with Gasteiger partial charge in [-0.3, -0.25) is 4.79 Å². The fraction of sp³-hybridized carbons (Fsp3) is 0.381. The lowest BCUT2D eigenvalue weighted by molar-refractivity contribution is 0.102. The standard InChI is InChI=1S/C21H28N2O4S2/c1-5-23(6-2)29(25,26)20-15-16(13-14-18(20)27-7-3)22-21(24)17-11-9-10-12-19(17)28-8-4/h9-15H,5-8H2,1-4H3,(H,22,24). The lowest BCUT2D eigenvalue weighted by Gasteiger charge is -2.21. The van der Waals surface area contributed by atoms with Crippen molar-refractivity contribution >= 4 is 33.4 Å². The molecule has 0 saturated heterocycles. The van der Waals surface area contributed by atoms with Gasteiger partial charge < -0.3 is 10.1 Å². The van der Waals surface area contributed by atoms with Gasteiger partial charge in [-0.1, -0.05) is 32.9 Å². The highest BCUT2D eigenvalue weighted by Gasteiger charge is 2.26. The number of nitrogens with one attached hydrogen (secondary N) is 1. The molecule has 158 valence electrons. The van der Waals surface area contributed by atoms with Crippen LogP contribution in [0.3, 0.4) is 0 Å². The molecule has 0 unspecified atom stereocenters. The van der Waals surface area contributed by atoms with Crippen LogP contribution in [0.25, 0.3) is 0 Å². The molecule has 1 amide bonds. The average Bonchev–Trinajstić information content (AvgIpc) is 2.70. The Hall–Kier alpha value is -2.03. The number of thioether (sulfide) groups is 1. The summed E-state index contributed by atoms with van der Waals surface area (Å²) in [6.45, 7) is 8.44. The maximum absolute atomic E-state index is 13.1. The van der Waals surface area contributed by atoms with Crippen molar-refractivity contribution in [2.75, 3.05) is 30.8 Å². The second-order valence-electron chi connectivity index (χ2n) is 6.07. The number of benzene rings is 2. The second kappa shape index (κ2) is 10.7. The Morgan fingerprint density at radius 2 is 1.76 bits per heavy atom. The number of sulfonamides is 1. The van der Waals surface area contributed by atoms with E-state index in [1.807, 2.05) is 25.1 Å². The molecule has 0 radical (unpaired) electrons. The summed E-state index contributed by atoms with van der Waals surface area (Å²) < 4.78 is 33.0. The molecule has 0 fully saturated rings. The monoisotopic (exact) mass is 436 g/mol. The van der Waals surface area contributed by atoms with Gasteiger partial charge in [-0.2, -0.15) is 4.31 Å². The number of hydrogen-bond donors (Lipinski definition) is 1. The normalized spacial score (nSPS) is 11.5. The Labute approximate surface area is 177 Å². The molecule has 0 bridgehead atoms. The highest BCUT2D eigenvalue weighted by atomic mass is 32.2. The molecule has 1 N–H and O–H groups in total. The van der Waals surface area contributed by atoms with Crippen molar-refractivity contribution in [2.24, 2.45) is 0 Å². The van der Waals surface area contributed by atoms with Crippen molar-refractivity contribution in [3.05, 3.63) is 48.0 Å². The van der Waals surface area contributed by atoms with Gasteiger partial charge in [0.15, 0.2) is 0 Å². The van der Waals surface area contributed by atoms with Gasteiger partial charge in [0.1, 0.15) is 10.6 Å². The number of anilines is 1. The summed E-state index contributed by atoms with van der Waals surface area (Å²) in [7, 11) is -3.74. The van der Waals surface area contributed by atoms with Crippen LogP contribution in [0.2, 0.25) is 0 Å². The fourth-order valence-corrected chi connectivity index (χ4v) is 5.32. The summed E-state index contributed by atoms with van der Waals surface area (Å²) in [5.41, 5.74) is 0.960. The third-order valence-corrected chi connectivity index (χ3v) is 7.28. The number of nitrogens with zero attached hydrogens (tertiary/aromatic N) is 1.